The summed E-state index contributed by atoms with van der Waals surface area (Å²) < 4.78 is 0. The van der Waals surface area contributed by atoms with E-state index in [-0.39, 0.29) is 11.1 Å². The van der Waals surface area contributed by atoms with E-state index in [0.29, 0.717) is 12.1 Å². The molecule has 2 atom stereocenters. The maximum absolute atomic E-state index is 11.5. The standard InChI is InChI=1S/C30H46N4O2/c35-29-19-17-23-25(13-11-15-27(23)33-29)31-21-9-7-5-3-1-2-4-6-8-10-22-32-26-14-12-16-28-24(26)18-20-30(36)34-28/h17-20,25-26,31-32H,1-16,21-22H2,(H,33,35)(H,34,36)/t25-,26+. The maximum atomic E-state index is 11.5. The molecule has 4 N–H and O–H groups in total. The summed E-state index contributed by atoms with van der Waals surface area (Å²) in [4.78, 5) is 29.1. The molecule has 0 unspecified atom stereocenters. The van der Waals surface area contributed by atoms with Gasteiger partial charge < -0.3 is 20.6 Å². The van der Waals surface area contributed by atoms with Gasteiger partial charge in [-0.3, -0.25) is 9.59 Å². The Labute approximate surface area is 216 Å². The van der Waals surface area contributed by atoms with Gasteiger partial charge in [-0.05, 0) is 75.6 Å². The normalized spacial score (nSPS) is 19.1. The second-order valence-electron chi connectivity index (χ2n) is 10.8. The highest BCUT2D eigenvalue weighted by Gasteiger charge is 2.21. The summed E-state index contributed by atoms with van der Waals surface area (Å²) in [6.45, 7) is 2.14. The lowest BCUT2D eigenvalue weighted by Gasteiger charge is -2.26. The monoisotopic (exact) mass is 494 g/mol. The average Bonchev–Trinajstić information content (AvgIpc) is 2.88. The quantitative estimate of drug-likeness (QED) is 0.243. The molecule has 2 aromatic rings. The third-order valence-corrected chi connectivity index (χ3v) is 8.05. The highest BCUT2D eigenvalue weighted by molar-refractivity contribution is 5.27. The zero-order valence-electron chi connectivity index (χ0n) is 22.0. The fourth-order valence-electron chi connectivity index (χ4n) is 6.04. The molecule has 2 heterocycles. The summed E-state index contributed by atoms with van der Waals surface area (Å²) >= 11 is 0. The molecule has 4 rings (SSSR count). The van der Waals surface area contributed by atoms with Crippen molar-refractivity contribution in [3.05, 3.63) is 67.5 Å². The van der Waals surface area contributed by atoms with Crippen molar-refractivity contribution >= 4 is 0 Å². The first-order valence-electron chi connectivity index (χ1n) is 14.6. The van der Waals surface area contributed by atoms with Gasteiger partial charge in [-0.1, -0.05) is 63.5 Å². The van der Waals surface area contributed by atoms with Gasteiger partial charge in [0.15, 0.2) is 0 Å². The molecule has 198 valence electrons. The number of nitrogens with one attached hydrogen (secondary N) is 4. The molecular weight excluding hydrogens is 448 g/mol. The van der Waals surface area contributed by atoms with E-state index in [2.05, 4.69) is 20.6 Å². The molecule has 6 heteroatoms. The molecule has 0 radical (unpaired) electrons. The summed E-state index contributed by atoms with van der Waals surface area (Å²) in [6.07, 6.45) is 19.9. The van der Waals surface area contributed by atoms with Crippen LogP contribution in [0.5, 0.6) is 0 Å². The van der Waals surface area contributed by atoms with Crippen LogP contribution in [0.4, 0.5) is 0 Å². The molecule has 0 aromatic carbocycles. The second kappa shape index (κ2) is 14.5. The molecule has 0 spiro atoms. The van der Waals surface area contributed by atoms with Crippen molar-refractivity contribution in [3.63, 3.8) is 0 Å². The number of aromatic amines is 2. The minimum absolute atomic E-state index is 0.0212. The van der Waals surface area contributed by atoms with Crippen molar-refractivity contribution in [1.82, 2.24) is 20.6 Å². The van der Waals surface area contributed by atoms with Crippen LogP contribution in [0.15, 0.2) is 33.9 Å². The number of H-pyrrole nitrogens is 2. The third-order valence-electron chi connectivity index (χ3n) is 8.05. The Kier molecular flexibility index (Phi) is 10.8. The van der Waals surface area contributed by atoms with E-state index < -0.39 is 0 Å². The predicted octanol–water partition coefficient (Wildman–Crippen LogP) is 5.60. The SMILES string of the molecule is O=c1ccc2c([nH]1)CCC[C@@H]2NCCCCCCCCCCCCN[C@@H]1CCCc2[nH]c(=O)ccc21. The minimum Gasteiger partial charge on any atom is -0.326 e. The maximum Gasteiger partial charge on any atom is 0.248 e. The highest BCUT2D eigenvalue weighted by atomic mass is 16.1. The summed E-state index contributed by atoms with van der Waals surface area (Å²) in [5, 5.41) is 7.44. The molecule has 6 nitrogen and oxygen atoms in total. The first-order chi connectivity index (χ1) is 17.7. The molecule has 2 aliphatic rings. The number of hydrogen-bond donors (Lipinski definition) is 4. The van der Waals surface area contributed by atoms with Crippen molar-refractivity contribution in [1.29, 1.82) is 0 Å². The van der Waals surface area contributed by atoms with Gasteiger partial charge in [-0.15, -0.1) is 0 Å². The minimum atomic E-state index is 0.0212. The van der Waals surface area contributed by atoms with Crippen LogP contribution in [0.1, 0.15) is 124 Å². The zero-order valence-corrected chi connectivity index (χ0v) is 22.0. The van der Waals surface area contributed by atoms with E-state index in [1.807, 2.05) is 12.1 Å². The number of pyridine rings is 2. The van der Waals surface area contributed by atoms with E-state index in [1.54, 1.807) is 12.1 Å². The largest absolute Gasteiger partial charge is 0.326 e. The average molecular weight is 495 g/mol. The molecule has 0 fully saturated rings. The van der Waals surface area contributed by atoms with E-state index in [9.17, 15) is 9.59 Å². The van der Waals surface area contributed by atoms with Gasteiger partial charge in [0.1, 0.15) is 0 Å². The van der Waals surface area contributed by atoms with Crippen molar-refractivity contribution in [2.24, 2.45) is 0 Å². The lowest BCUT2D eigenvalue weighted by Crippen LogP contribution is -2.28. The Morgan fingerprint density at radius 2 is 0.972 bits per heavy atom. The van der Waals surface area contributed by atoms with Crippen LogP contribution < -0.4 is 21.8 Å². The number of aryl methyl sites for hydroxylation is 2. The molecule has 0 saturated heterocycles. The van der Waals surface area contributed by atoms with E-state index >= 15 is 0 Å². The second-order valence-corrected chi connectivity index (χ2v) is 10.8. The van der Waals surface area contributed by atoms with Crippen LogP contribution in [0.25, 0.3) is 0 Å². The molecular formula is C30H46N4O2. The van der Waals surface area contributed by atoms with Gasteiger partial charge >= 0.3 is 0 Å². The fraction of sp³-hybridized carbons (Fsp3) is 0.667. The molecule has 2 aliphatic carbocycles. The number of unbranched alkanes of at least 4 members (excludes halogenated alkanes) is 9. The predicted molar refractivity (Wildman–Crippen MR) is 148 cm³/mol. The van der Waals surface area contributed by atoms with Crippen LogP contribution in [0.2, 0.25) is 0 Å². The van der Waals surface area contributed by atoms with Crippen molar-refractivity contribution < 1.29 is 0 Å². The van der Waals surface area contributed by atoms with Crippen molar-refractivity contribution in [3.8, 4) is 0 Å². The van der Waals surface area contributed by atoms with Crippen molar-refractivity contribution in [2.45, 2.75) is 115 Å². The van der Waals surface area contributed by atoms with Gasteiger partial charge in [0.05, 0.1) is 0 Å². The van der Waals surface area contributed by atoms with Crippen LogP contribution in [0, 0.1) is 0 Å². The lowest BCUT2D eigenvalue weighted by molar-refractivity contribution is 0.440. The van der Waals surface area contributed by atoms with Gasteiger partial charge in [0.2, 0.25) is 11.1 Å². The molecule has 0 amide bonds. The van der Waals surface area contributed by atoms with Gasteiger partial charge in [0, 0.05) is 35.6 Å². The van der Waals surface area contributed by atoms with Crippen LogP contribution in [-0.4, -0.2) is 23.1 Å². The van der Waals surface area contributed by atoms with E-state index in [0.717, 1.165) is 50.2 Å². The molecule has 0 saturated carbocycles. The third kappa shape index (κ3) is 8.17. The van der Waals surface area contributed by atoms with E-state index in [4.69, 9.17) is 0 Å². The Bertz CT molecular complexity index is 960. The Morgan fingerprint density at radius 3 is 1.39 bits per heavy atom. The van der Waals surface area contributed by atoms with Crippen molar-refractivity contribution in [2.75, 3.05) is 13.1 Å². The number of rotatable bonds is 15. The van der Waals surface area contributed by atoms with E-state index in [1.165, 1.54) is 88.2 Å². The van der Waals surface area contributed by atoms with Gasteiger partial charge in [0.25, 0.3) is 0 Å². The number of fused-ring (bicyclic) bond motifs is 2. The molecule has 2 aromatic heterocycles. The smallest absolute Gasteiger partial charge is 0.248 e. The van der Waals surface area contributed by atoms with Gasteiger partial charge in [-0.25, -0.2) is 0 Å². The van der Waals surface area contributed by atoms with Crippen LogP contribution >= 0.6 is 0 Å². The topological polar surface area (TPSA) is 89.8 Å². The summed E-state index contributed by atoms with van der Waals surface area (Å²) in [5.41, 5.74) is 4.91. The zero-order chi connectivity index (χ0) is 25.0. The lowest BCUT2D eigenvalue weighted by atomic mass is 9.91. The Hall–Kier alpha value is -2.18. The summed E-state index contributed by atoms with van der Waals surface area (Å²) in [6, 6.07) is 8.17. The summed E-state index contributed by atoms with van der Waals surface area (Å²) in [7, 11) is 0. The number of hydrogen-bond acceptors (Lipinski definition) is 4. The Morgan fingerprint density at radius 1 is 0.583 bits per heavy atom. The molecule has 0 aliphatic heterocycles. The highest BCUT2D eigenvalue weighted by Crippen LogP contribution is 2.28. The first kappa shape index (κ1) is 26.9. The summed E-state index contributed by atoms with van der Waals surface area (Å²) in [5.74, 6) is 0. The molecule has 36 heavy (non-hydrogen) atoms. The Balaban J connectivity index is 0.953. The van der Waals surface area contributed by atoms with Crippen LogP contribution in [-0.2, 0) is 12.8 Å². The molecule has 0 bridgehead atoms. The first-order valence-corrected chi connectivity index (χ1v) is 14.6. The van der Waals surface area contributed by atoms with Gasteiger partial charge in [-0.2, -0.15) is 0 Å². The number of aromatic nitrogens is 2. The fourth-order valence-corrected chi connectivity index (χ4v) is 6.04. The van der Waals surface area contributed by atoms with Crippen LogP contribution in [0.3, 0.4) is 0 Å².